The highest BCUT2D eigenvalue weighted by Gasteiger charge is 1.99. The van der Waals surface area contributed by atoms with E-state index in [1.54, 1.807) is 0 Å². The Hall–Kier alpha value is -1.39. The maximum Gasteiger partial charge on any atom is 0.186 e. The molecule has 0 bridgehead atoms. The van der Waals surface area contributed by atoms with Crippen molar-refractivity contribution in [3.63, 3.8) is 0 Å². The van der Waals surface area contributed by atoms with Gasteiger partial charge in [0.05, 0.1) is 6.20 Å². The standard InChI is InChI=1S/C3H6N4O/c4-3-2(8)1-6-7(3)5/h1,8H,4-5H2. The quantitative estimate of drug-likeness (QED) is 0.373. The van der Waals surface area contributed by atoms with Crippen LogP contribution in [0.2, 0.25) is 0 Å². The Morgan fingerprint density at radius 3 is 2.50 bits per heavy atom. The van der Waals surface area contributed by atoms with Crippen molar-refractivity contribution < 1.29 is 5.11 Å². The Bertz CT molecular complexity index is 174. The molecule has 0 saturated carbocycles. The summed E-state index contributed by atoms with van der Waals surface area (Å²) in [5, 5.41) is 12.1. The van der Waals surface area contributed by atoms with E-state index in [0.29, 0.717) is 0 Å². The molecule has 0 spiro atoms. The molecule has 0 atom stereocenters. The monoisotopic (exact) mass is 114 g/mol. The number of rotatable bonds is 0. The molecule has 0 radical (unpaired) electrons. The molecule has 0 unspecified atom stereocenters. The van der Waals surface area contributed by atoms with Crippen molar-refractivity contribution in [3.8, 4) is 5.75 Å². The van der Waals surface area contributed by atoms with Crippen LogP contribution in [0.4, 0.5) is 5.82 Å². The van der Waals surface area contributed by atoms with Crippen molar-refractivity contribution in [2.24, 2.45) is 0 Å². The summed E-state index contributed by atoms with van der Waals surface area (Å²) in [5.74, 6) is 5.05. The van der Waals surface area contributed by atoms with E-state index in [2.05, 4.69) is 5.10 Å². The van der Waals surface area contributed by atoms with Gasteiger partial charge in [-0.2, -0.15) is 9.89 Å². The van der Waals surface area contributed by atoms with Crippen LogP contribution in [0.25, 0.3) is 0 Å². The smallest absolute Gasteiger partial charge is 0.186 e. The first-order chi connectivity index (χ1) is 3.72. The molecule has 1 heterocycles. The molecule has 0 saturated heterocycles. The van der Waals surface area contributed by atoms with Gasteiger partial charge in [0.25, 0.3) is 0 Å². The average molecular weight is 114 g/mol. The lowest BCUT2D eigenvalue weighted by molar-refractivity contribution is 0.478. The van der Waals surface area contributed by atoms with Crippen LogP contribution in [-0.4, -0.2) is 15.0 Å². The molecular formula is C3H6N4O. The first kappa shape index (κ1) is 4.76. The van der Waals surface area contributed by atoms with Crippen LogP contribution in [0, 0.1) is 0 Å². The van der Waals surface area contributed by atoms with Gasteiger partial charge in [-0.1, -0.05) is 0 Å². The second kappa shape index (κ2) is 1.29. The van der Waals surface area contributed by atoms with Crippen LogP contribution in [0.1, 0.15) is 0 Å². The largest absolute Gasteiger partial charge is 0.503 e. The zero-order valence-electron chi connectivity index (χ0n) is 4.07. The van der Waals surface area contributed by atoms with Crippen molar-refractivity contribution in [1.29, 1.82) is 0 Å². The molecule has 0 aromatic carbocycles. The molecular weight excluding hydrogens is 108 g/mol. The van der Waals surface area contributed by atoms with Gasteiger partial charge in [0, 0.05) is 0 Å². The number of aromatic hydroxyl groups is 1. The molecule has 5 N–H and O–H groups in total. The summed E-state index contributed by atoms with van der Waals surface area (Å²) in [5.41, 5.74) is 5.13. The first-order valence-electron chi connectivity index (χ1n) is 1.99. The number of nitrogens with two attached hydrogens (primary N) is 2. The Morgan fingerprint density at radius 1 is 1.75 bits per heavy atom. The number of anilines is 1. The van der Waals surface area contributed by atoms with Gasteiger partial charge in [-0.25, -0.2) is 0 Å². The van der Waals surface area contributed by atoms with Gasteiger partial charge in [-0.05, 0) is 0 Å². The minimum atomic E-state index is -0.0903. The van der Waals surface area contributed by atoms with Crippen LogP contribution < -0.4 is 11.6 Å². The molecule has 0 fully saturated rings. The first-order valence-corrected chi connectivity index (χ1v) is 1.99. The summed E-state index contributed by atoms with van der Waals surface area (Å²) in [6.07, 6.45) is 1.18. The highest BCUT2D eigenvalue weighted by Crippen LogP contribution is 2.14. The van der Waals surface area contributed by atoms with Crippen molar-refractivity contribution >= 4 is 5.82 Å². The molecule has 0 aliphatic rings. The van der Waals surface area contributed by atoms with E-state index in [4.69, 9.17) is 16.7 Å². The number of nitrogens with zero attached hydrogens (tertiary/aromatic N) is 2. The van der Waals surface area contributed by atoms with E-state index < -0.39 is 0 Å². The molecule has 8 heavy (non-hydrogen) atoms. The fourth-order valence-electron chi connectivity index (χ4n) is 0.363. The summed E-state index contributed by atoms with van der Waals surface area (Å²) in [7, 11) is 0. The zero-order valence-corrected chi connectivity index (χ0v) is 4.07. The summed E-state index contributed by atoms with van der Waals surface area (Å²) in [6, 6.07) is 0. The number of nitrogen functional groups attached to an aromatic ring is 2. The van der Waals surface area contributed by atoms with Gasteiger partial charge in [0.1, 0.15) is 0 Å². The summed E-state index contributed by atoms with van der Waals surface area (Å²) in [6.45, 7) is 0. The topological polar surface area (TPSA) is 90.1 Å². The highest BCUT2D eigenvalue weighted by molar-refractivity contribution is 5.43. The number of aromatic nitrogens is 2. The summed E-state index contributed by atoms with van der Waals surface area (Å²) < 4.78 is 0. The van der Waals surface area contributed by atoms with E-state index >= 15 is 0 Å². The summed E-state index contributed by atoms with van der Waals surface area (Å²) >= 11 is 0. The number of hydrogen-bond acceptors (Lipinski definition) is 4. The molecule has 44 valence electrons. The Balaban J connectivity index is 3.19. The molecule has 0 amide bonds. The fourth-order valence-corrected chi connectivity index (χ4v) is 0.363. The Kier molecular flexibility index (Phi) is 0.768. The maximum atomic E-state index is 8.65. The molecule has 1 rings (SSSR count). The fraction of sp³-hybridized carbons (Fsp3) is 0. The van der Waals surface area contributed by atoms with E-state index in [-0.39, 0.29) is 11.6 Å². The van der Waals surface area contributed by atoms with Gasteiger partial charge in [0.2, 0.25) is 0 Å². The third kappa shape index (κ3) is 0.446. The SMILES string of the molecule is Nc1c(O)cnn1N. The van der Waals surface area contributed by atoms with E-state index in [1.165, 1.54) is 6.20 Å². The van der Waals surface area contributed by atoms with Crippen LogP contribution in [-0.2, 0) is 0 Å². The minimum absolute atomic E-state index is 0.0741. The lowest BCUT2D eigenvalue weighted by Gasteiger charge is -1.90. The summed E-state index contributed by atoms with van der Waals surface area (Å²) in [4.78, 5) is 0.898. The van der Waals surface area contributed by atoms with Crippen molar-refractivity contribution in [1.82, 2.24) is 9.89 Å². The van der Waals surface area contributed by atoms with Crippen LogP contribution in [0.3, 0.4) is 0 Å². The second-order valence-electron chi connectivity index (χ2n) is 1.36. The van der Waals surface area contributed by atoms with Crippen LogP contribution in [0.15, 0.2) is 6.20 Å². The molecule has 5 heteroatoms. The average Bonchev–Trinajstić information content (AvgIpc) is 1.98. The van der Waals surface area contributed by atoms with Crippen molar-refractivity contribution in [2.45, 2.75) is 0 Å². The molecule has 1 aromatic rings. The van der Waals surface area contributed by atoms with E-state index in [0.717, 1.165) is 4.79 Å². The van der Waals surface area contributed by atoms with E-state index in [1.807, 2.05) is 0 Å². The van der Waals surface area contributed by atoms with Gasteiger partial charge in [-0.15, -0.1) is 0 Å². The lowest BCUT2D eigenvalue weighted by atomic mass is 10.6. The van der Waals surface area contributed by atoms with Crippen LogP contribution >= 0.6 is 0 Å². The van der Waals surface area contributed by atoms with Gasteiger partial charge < -0.3 is 16.7 Å². The van der Waals surface area contributed by atoms with Crippen molar-refractivity contribution in [2.75, 3.05) is 11.6 Å². The maximum absolute atomic E-state index is 8.65. The van der Waals surface area contributed by atoms with Crippen LogP contribution in [0.5, 0.6) is 5.75 Å². The second-order valence-corrected chi connectivity index (χ2v) is 1.36. The predicted molar refractivity (Wildman–Crippen MR) is 28.5 cm³/mol. The van der Waals surface area contributed by atoms with Gasteiger partial charge in [-0.3, -0.25) is 0 Å². The van der Waals surface area contributed by atoms with Gasteiger partial charge >= 0.3 is 0 Å². The Labute approximate surface area is 45.5 Å². The molecule has 5 nitrogen and oxygen atoms in total. The normalized spacial score (nSPS) is 9.50. The number of hydrogen-bond donors (Lipinski definition) is 3. The third-order valence-corrected chi connectivity index (χ3v) is 0.814. The molecule has 0 aliphatic heterocycles. The minimum Gasteiger partial charge on any atom is -0.503 e. The zero-order chi connectivity index (χ0) is 6.15. The lowest BCUT2D eigenvalue weighted by Crippen LogP contribution is -2.12. The van der Waals surface area contributed by atoms with Crippen molar-refractivity contribution in [3.05, 3.63) is 6.20 Å². The highest BCUT2D eigenvalue weighted by atomic mass is 16.3. The van der Waals surface area contributed by atoms with Gasteiger partial charge in [0.15, 0.2) is 11.6 Å². The Morgan fingerprint density at radius 2 is 2.38 bits per heavy atom. The third-order valence-electron chi connectivity index (χ3n) is 0.814. The predicted octanol–water partition coefficient (Wildman–Crippen LogP) is -1.12. The molecule has 0 aliphatic carbocycles. The van der Waals surface area contributed by atoms with E-state index in [9.17, 15) is 0 Å². The molecule has 1 aromatic heterocycles.